The molecule has 0 radical (unpaired) electrons. The second kappa shape index (κ2) is 7.79. The van der Waals surface area contributed by atoms with Crippen molar-refractivity contribution in [1.29, 1.82) is 0 Å². The van der Waals surface area contributed by atoms with Crippen LogP contribution in [-0.2, 0) is 0 Å². The van der Waals surface area contributed by atoms with Crippen LogP contribution in [0.15, 0.2) is 97.6 Å². The summed E-state index contributed by atoms with van der Waals surface area (Å²) in [7, 11) is 0. The fourth-order valence-corrected chi connectivity index (χ4v) is 4.78. The predicted molar refractivity (Wildman–Crippen MR) is 127 cm³/mol. The van der Waals surface area contributed by atoms with E-state index in [1.165, 1.54) is 32.7 Å². The van der Waals surface area contributed by atoms with Gasteiger partial charge in [-0.15, -0.1) is 0 Å². The summed E-state index contributed by atoms with van der Waals surface area (Å²) in [6.07, 6.45) is 4.38. The Hall–Kier alpha value is -3.39. The number of nitrogens with zero attached hydrogens (tertiary/aromatic N) is 2. The molecule has 2 unspecified atom stereocenters. The van der Waals surface area contributed by atoms with Gasteiger partial charge in [0.15, 0.2) is 0 Å². The second-order valence-electron chi connectivity index (χ2n) is 8.08. The molecule has 0 N–H and O–H groups in total. The molecule has 0 aromatic heterocycles. The van der Waals surface area contributed by atoms with Gasteiger partial charge < -0.3 is 0 Å². The van der Waals surface area contributed by atoms with Crippen LogP contribution in [0.3, 0.4) is 0 Å². The van der Waals surface area contributed by atoms with Gasteiger partial charge in [0.2, 0.25) is 6.34 Å². The lowest BCUT2D eigenvalue weighted by Crippen LogP contribution is -2.23. The average molecular weight is 392 g/mol. The fourth-order valence-electron chi connectivity index (χ4n) is 4.78. The van der Waals surface area contributed by atoms with E-state index in [2.05, 4.69) is 120 Å². The summed E-state index contributed by atoms with van der Waals surface area (Å²) in [4.78, 5) is 2.46. The van der Waals surface area contributed by atoms with E-state index in [9.17, 15) is 0 Å². The number of benzene rings is 4. The van der Waals surface area contributed by atoms with Crippen molar-refractivity contribution < 1.29 is 4.58 Å². The Morgan fingerprint density at radius 2 is 1.37 bits per heavy atom. The fraction of sp³-hybridized carbons (Fsp3) is 0.179. The quantitative estimate of drug-likeness (QED) is 0.284. The molecule has 0 spiro atoms. The van der Waals surface area contributed by atoms with Gasteiger partial charge in [-0.25, -0.2) is 0 Å². The van der Waals surface area contributed by atoms with E-state index in [1.807, 2.05) is 0 Å². The second-order valence-corrected chi connectivity index (χ2v) is 8.08. The highest BCUT2D eigenvalue weighted by atomic mass is 15.3. The van der Waals surface area contributed by atoms with Crippen LogP contribution in [0.1, 0.15) is 30.1 Å². The van der Waals surface area contributed by atoms with Gasteiger partial charge in [0.25, 0.3) is 0 Å². The minimum atomic E-state index is 0.167. The Labute approximate surface area is 178 Å². The predicted octanol–water partition coefficient (Wildman–Crippen LogP) is 6.34. The third kappa shape index (κ3) is 3.19. The molecule has 4 aromatic carbocycles. The van der Waals surface area contributed by atoms with E-state index in [4.69, 9.17) is 0 Å². The van der Waals surface area contributed by atoms with Crippen molar-refractivity contribution in [1.82, 2.24) is 4.90 Å². The highest BCUT2D eigenvalue weighted by Gasteiger charge is 2.30. The van der Waals surface area contributed by atoms with Gasteiger partial charge in [0.1, 0.15) is 25.2 Å². The van der Waals surface area contributed by atoms with E-state index in [0.29, 0.717) is 6.04 Å². The molecule has 0 bridgehead atoms. The topological polar surface area (TPSA) is 6.25 Å². The molecule has 0 saturated heterocycles. The maximum atomic E-state index is 4.18. The lowest BCUT2D eigenvalue weighted by atomic mass is 9.98. The van der Waals surface area contributed by atoms with Crippen LogP contribution in [0.4, 0.5) is 0 Å². The number of hydrogen-bond acceptors (Lipinski definition) is 1. The maximum absolute atomic E-state index is 4.18. The van der Waals surface area contributed by atoms with Crippen LogP contribution in [0.25, 0.3) is 21.5 Å². The SMILES string of the molecule is C=CC(c1cccc2ccccc12)[N+]1=CN(C(C)c2cccc3ccccc23)CC1. The minimum Gasteiger partial charge on any atom is -0.258 e. The van der Waals surface area contributed by atoms with E-state index in [-0.39, 0.29) is 6.04 Å². The average Bonchev–Trinajstić information content (AvgIpc) is 3.29. The highest BCUT2D eigenvalue weighted by molar-refractivity contribution is 5.87. The van der Waals surface area contributed by atoms with Crippen molar-refractivity contribution in [2.75, 3.05) is 13.1 Å². The Morgan fingerprint density at radius 3 is 2.03 bits per heavy atom. The third-order valence-corrected chi connectivity index (χ3v) is 6.41. The normalized spacial score (nSPS) is 15.9. The molecule has 0 fully saturated rings. The summed E-state index contributed by atoms with van der Waals surface area (Å²) in [5.41, 5.74) is 2.70. The first-order valence-corrected chi connectivity index (χ1v) is 10.7. The standard InChI is InChI=1S/C28H27N2/c1-3-28(27-17-9-13-23-11-5-7-15-26(23)27)30-19-18-29(20-30)21(2)24-16-8-12-22-10-4-6-14-25(22)24/h3-17,20-21,28H,1,18-19H2,2H3/q+1. The van der Waals surface area contributed by atoms with Gasteiger partial charge in [-0.05, 0) is 34.5 Å². The molecule has 2 nitrogen and oxygen atoms in total. The largest absolute Gasteiger partial charge is 0.258 e. The molecule has 0 amide bonds. The first kappa shape index (κ1) is 18.6. The lowest BCUT2D eigenvalue weighted by molar-refractivity contribution is -0.547. The number of rotatable bonds is 5. The van der Waals surface area contributed by atoms with Crippen molar-refractivity contribution in [2.45, 2.75) is 19.0 Å². The zero-order chi connectivity index (χ0) is 20.5. The summed E-state index contributed by atoms with van der Waals surface area (Å²) in [5, 5.41) is 5.23. The first-order valence-electron chi connectivity index (χ1n) is 10.7. The van der Waals surface area contributed by atoms with Crippen LogP contribution >= 0.6 is 0 Å². The van der Waals surface area contributed by atoms with Crippen LogP contribution in [0.2, 0.25) is 0 Å². The lowest BCUT2D eigenvalue weighted by Gasteiger charge is -2.19. The van der Waals surface area contributed by atoms with Crippen LogP contribution in [0.5, 0.6) is 0 Å². The van der Waals surface area contributed by atoms with Crippen molar-refractivity contribution in [3.05, 3.63) is 109 Å². The third-order valence-electron chi connectivity index (χ3n) is 6.41. The Kier molecular flexibility index (Phi) is 4.84. The summed E-state index contributed by atoms with van der Waals surface area (Å²) in [6.45, 7) is 8.49. The van der Waals surface area contributed by atoms with Gasteiger partial charge in [-0.2, -0.15) is 0 Å². The molecule has 5 rings (SSSR count). The van der Waals surface area contributed by atoms with Crippen molar-refractivity contribution in [3.8, 4) is 0 Å². The Bertz CT molecular complexity index is 1240. The molecule has 0 saturated carbocycles. The van der Waals surface area contributed by atoms with Gasteiger partial charge in [0, 0.05) is 11.1 Å². The minimum absolute atomic E-state index is 0.167. The molecule has 1 aliphatic heterocycles. The summed E-state index contributed by atoms with van der Waals surface area (Å²) >= 11 is 0. The zero-order valence-corrected chi connectivity index (χ0v) is 17.4. The molecule has 0 aliphatic carbocycles. The smallest absolute Gasteiger partial charge is 0.235 e. The first-order chi connectivity index (χ1) is 14.8. The van der Waals surface area contributed by atoms with Crippen molar-refractivity contribution >= 4 is 27.9 Å². The number of fused-ring (bicyclic) bond motifs is 2. The molecule has 148 valence electrons. The van der Waals surface area contributed by atoms with Crippen LogP contribution in [0, 0.1) is 0 Å². The molecular weight excluding hydrogens is 364 g/mol. The maximum Gasteiger partial charge on any atom is 0.235 e. The van der Waals surface area contributed by atoms with E-state index in [0.717, 1.165) is 13.1 Å². The number of hydrogen-bond donors (Lipinski definition) is 0. The van der Waals surface area contributed by atoms with E-state index >= 15 is 0 Å². The molecule has 2 heteroatoms. The van der Waals surface area contributed by atoms with E-state index in [1.54, 1.807) is 0 Å². The van der Waals surface area contributed by atoms with Crippen LogP contribution < -0.4 is 0 Å². The van der Waals surface area contributed by atoms with Gasteiger partial charge in [-0.1, -0.05) is 91.5 Å². The molecule has 1 aliphatic rings. The summed E-state index contributed by atoms with van der Waals surface area (Å²) in [6, 6.07) is 31.0. The van der Waals surface area contributed by atoms with Crippen molar-refractivity contribution in [3.63, 3.8) is 0 Å². The molecular formula is C28H27N2+. The van der Waals surface area contributed by atoms with Gasteiger partial charge in [-0.3, -0.25) is 9.48 Å². The molecule has 2 atom stereocenters. The van der Waals surface area contributed by atoms with Crippen molar-refractivity contribution in [2.24, 2.45) is 0 Å². The monoisotopic (exact) mass is 391 g/mol. The molecule has 30 heavy (non-hydrogen) atoms. The van der Waals surface area contributed by atoms with Gasteiger partial charge >= 0.3 is 0 Å². The summed E-state index contributed by atoms with van der Waals surface area (Å²) < 4.78 is 2.43. The highest BCUT2D eigenvalue weighted by Crippen LogP contribution is 2.31. The Morgan fingerprint density at radius 1 is 0.800 bits per heavy atom. The zero-order valence-electron chi connectivity index (χ0n) is 17.4. The van der Waals surface area contributed by atoms with Crippen LogP contribution in [-0.4, -0.2) is 28.9 Å². The van der Waals surface area contributed by atoms with E-state index < -0.39 is 0 Å². The summed E-state index contributed by atoms with van der Waals surface area (Å²) in [5.74, 6) is 0. The Balaban J connectivity index is 1.50. The molecule has 4 aromatic rings. The van der Waals surface area contributed by atoms with Gasteiger partial charge in [0.05, 0.1) is 0 Å². The molecule has 1 heterocycles.